The summed E-state index contributed by atoms with van der Waals surface area (Å²) in [5.74, 6) is 0.696. The van der Waals surface area contributed by atoms with Crippen molar-refractivity contribution in [1.29, 1.82) is 0 Å². The molecule has 3 unspecified atom stereocenters. The highest BCUT2D eigenvalue weighted by Gasteiger charge is 2.42. The summed E-state index contributed by atoms with van der Waals surface area (Å²) in [4.78, 5) is 12.3. The maximum atomic E-state index is 13.6. The lowest BCUT2D eigenvalue weighted by Crippen LogP contribution is -2.39. The zero-order valence-electron chi connectivity index (χ0n) is 11.5. The van der Waals surface area contributed by atoms with Crippen LogP contribution in [0.2, 0.25) is 0 Å². The van der Waals surface area contributed by atoms with Crippen molar-refractivity contribution in [2.24, 2.45) is 11.8 Å². The van der Waals surface area contributed by atoms with Gasteiger partial charge in [0.15, 0.2) is 11.6 Å². The summed E-state index contributed by atoms with van der Waals surface area (Å²) in [6.45, 7) is 0.916. The van der Waals surface area contributed by atoms with Crippen molar-refractivity contribution >= 4 is 11.6 Å². The number of carbonyl (C=O) groups is 1. The van der Waals surface area contributed by atoms with E-state index in [0.29, 0.717) is 17.5 Å². The summed E-state index contributed by atoms with van der Waals surface area (Å²) in [5, 5.41) is 6.08. The molecule has 3 atom stereocenters. The molecule has 1 saturated heterocycles. The van der Waals surface area contributed by atoms with E-state index >= 15 is 0 Å². The molecule has 2 fully saturated rings. The van der Waals surface area contributed by atoms with Gasteiger partial charge in [0.1, 0.15) is 0 Å². The number of carbonyl (C=O) groups excluding carboxylic acids is 1. The molecule has 0 bridgehead atoms. The Hall–Kier alpha value is -1.62. The maximum Gasteiger partial charge on any atom is 0.241 e. The molecule has 4 nitrogen and oxygen atoms in total. The van der Waals surface area contributed by atoms with Gasteiger partial charge in [-0.15, -0.1) is 0 Å². The molecular formula is C15H19FN2O2. The molecule has 0 aromatic heterocycles. The van der Waals surface area contributed by atoms with E-state index in [4.69, 9.17) is 4.74 Å². The Morgan fingerprint density at radius 1 is 1.45 bits per heavy atom. The van der Waals surface area contributed by atoms with E-state index in [9.17, 15) is 9.18 Å². The molecule has 5 heteroatoms. The Morgan fingerprint density at radius 2 is 2.30 bits per heavy atom. The summed E-state index contributed by atoms with van der Waals surface area (Å²) in [6, 6.07) is 4.32. The molecule has 2 N–H and O–H groups in total. The Morgan fingerprint density at radius 3 is 3.05 bits per heavy atom. The number of fused-ring (bicyclic) bond motifs is 1. The number of anilines is 1. The summed E-state index contributed by atoms with van der Waals surface area (Å²) >= 11 is 0. The number of rotatable bonds is 3. The normalized spacial score (nSPS) is 28.2. The van der Waals surface area contributed by atoms with Gasteiger partial charge in [0, 0.05) is 11.8 Å². The van der Waals surface area contributed by atoms with E-state index < -0.39 is 5.82 Å². The van der Waals surface area contributed by atoms with Crippen molar-refractivity contribution in [2.75, 3.05) is 19.0 Å². The number of nitrogens with one attached hydrogen (secondary N) is 2. The smallest absolute Gasteiger partial charge is 0.241 e. The molecule has 1 aliphatic carbocycles. The fraction of sp³-hybridized carbons (Fsp3) is 0.533. The van der Waals surface area contributed by atoms with Crippen molar-refractivity contribution in [3.05, 3.63) is 24.0 Å². The molecule has 1 amide bonds. The van der Waals surface area contributed by atoms with E-state index in [1.807, 2.05) is 0 Å². The Kier molecular flexibility index (Phi) is 3.61. The van der Waals surface area contributed by atoms with Gasteiger partial charge in [-0.25, -0.2) is 4.39 Å². The van der Waals surface area contributed by atoms with Gasteiger partial charge < -0.3 is 15.4 Å². The second kappa shape index (κ2) is 5.40. The summed E-state index contributed by atoms with van der Waals surface area (Å²) in [7, 11) is 1.42. The van der Waals surface area contributed by atoms with Crippen molar-refractivity contribution in [1.82, 2.24) is 5.32 Å². The minimum Gasteiger partial charge on any atom is -0.494 e. The van der Waals surface area contributed by atoms with Crippen LogP contribution in [0.15, 0.2) is 18.2 Å². The quantitative estimate of drug-likeness (QED) is 0.891. The third-order valence-corrected chi connectivity index (χ3v) is 4.45. The van der Waals surface area contributed by atoms with E-state index in [2.05, 4.69) is 10.6 Å². The molecule has 1 aliphatic heterocycles. The predicted molar refractivity (Wildman–Crippen MR) is 74.2 cm³/mol. The van der Waals surface area contributed by atoms with E-state index in [1.54, 1.807) is 6.07 Å². The fourth-order valence-corrected chi connectivity index (χ4v) is 3.44. The van der Waals surface area contributed by atoms with Crippen LogP contribution in [0.4, 0.5) is 10.1 Å². The fourth-order valence-electron chi connectivity index (χ4n) is 3.44. The molecule has 108 valence electrons. The van der Waals surface area contributed by atoms with Gasteiger partial charge in [-0.2, -0.15) is 0 Å². The van der Waals surface area contributed by atoms with Crippen LogP contribution in [0.1, 0.15) is 19.3 Å². The molecule has 2 aliphatic rings. The molecule has 1 aromatic carbocycles. The molecular weight excluding hydrogens is 259 g/mol. The van der Waals surface area contributed by atoms with Crippen LogP contribution in [-0.2, 0) is 4.79 Å². The lowest BCUT2D eigenvalue weighted by atomic mass is 9.93. The standard InChI is InChI=1S/C15H19FN2O2/c1-20-13-6-5-10(7-12(13)16)18-15(19)14-11-4-2-3-9(11)8-17-14/h5-7,9,11,14,17H,2-4,8H2,1H3,(H,18,19). The second-order valence-corrected chi connectivity index (χ2v) is 5.58. The molecule has 1 heterocycles. The predicted octanol–water partition coefficient (Wildman–Crippen LogP) is 2.16. The van der Waals surface area contributed by atoms with Crippen LogP contribution < -0.4 is 15.4 Å². The number of hydrogen-bond acceptors (Lipinski definition) is 3. The second-order valence-electron chi connectivity index (χ2n) is 5.58. The zero-order chi connectivity index (χ0) is 14.1. The van der Waals surface area contributed by atoms with Crippen LogP contribution in [0.5, 0.6) is 5.75 Å². The molecule has 0 spiro atoms. The molecule has 3 rings (SSSR count). The van der Waals surface area contributed by atoms with Crippen LogP contribution in [0, 0.1) is 17.7 Å². The van der Waals surface area contributed by atoms with Crippen LogP contribution in [-0.4, -0.2) is 25.6 Å². The van der Waals surface area contributed by atoms with E-state index in [-0.39, 0.29) is 17.7 Å². The van der Waals surface area contributed by atoms with Gasteiger partial charge in [-0.1, -0.05) is 6.42 Å². The SMILES string of the molecule is COc1ccc(NC(=O)C2NCC3CCCC32)cc1F. The first-order valence-electron chi connectivity index (χ1n) is 7.07. The van der Waals surface area contributed by atoms with E-state index in [1.165, 1.54) is 32.1 Å². The van der Waals surface area contributed by atoms with Gasteiger partial charge in [0.25, 0.3) is 0 Å². The Labute approximate surface area is 117 Å². The lowest BCUT2D eigenvalue weighted by Gasteiger charge is -2.18. The molecule has 1 saturated carbocycles. The van der Waals surface area contributed by atoms with Crippen LogP contribution >= 0.6 is 0 Å². The number of halogens is 1. The van der Waals surface area contributed by atoms with Crippen LogP contribution in [0.25, 0.3) is 0 Å². The molecule has 20 heavy (non-hydrogen) atoms. The monoisotopic (exact) mass is 278 g/mol. The molecule has 1 aromatic rings. The van der Waals surface area contributed by atoms with Gasteiger partial charge in [0.2, 0.25) is 5.91 Å². The van der Waals surface area contributed by atoms with Gasteiger partial charge in [0.05, 0.1) is 13.2 Å². The highest BCUT2D eigenvalue weighted by Crippen LogP contribution is 2.38. The van der Waals surface area contributed by atoms with Crippen molar-refractivity contribution in [3.63, 3.8) is 0 Å². The van der Waals surface area contributed by atoms with Gasteiger partial charge in [-0.3, -0.25) is 4.79 Å². The van der Waals surface area contributed by atoms with Crippen molar-refractivity contribution in [3.8, 4) is 5.75 Å². The average molecular weight is 278 g/mol. The number of methoxy groups -OCH3 is 1. The van der Waals surface area contributed by atoms with Gasteiger partial charge >= 0.3 is 0 Å². The first kappa shape index (κ1) is 13.4. The summed E-state index contributed by atoms with van der Waals surface area (Å²) in [6.07, 6.45) is 3.52. The van der Waals surface area contributed by atoms with E-state index in [0.717, 1.165) is 13.0 Å². The first-order valence-corrected chi connectivity index (χ1v) is 7.07. The Bertz CT molecular complexity index is 521. The topological polar surface area (TPSA) is 50.4 Å². The maximum absolute atomic E-state index is 13.6. The van der Waals surface area contributed by atoms with Crippen molar-refractivity contribution < 1.29 is 13.9 Å². The van der Waals surface area contributed by atoms with Gasteiger partial charge in [-0.05, 0) is 43.4 Å². The largest absolute Gasteiger partial charge is 0.494 e. The lowest BCUT2D eigenvalue weighted by molar-refractivity contribution is -0.118. The number of hydrogen-bond donors (Lipinski definition) is 2. The third kappa shape index (κ3) is 2.38. The number of amides is 1. The zero-order valence-corrected chi connectivity index (χ0v) is 11.5. The number of benzene rings is 1. The average Bonchev–Trinajstić information content (AvgIpc) is 3.00. The van der Waals surface area contributed by atoms with Crippen molar-refractivity contribution in [2.45, 2.75) is 25.3 Å². The summed E-state index contributed by atoms with van der Waals surface area (Å²) in [5.41, 5.74) is 0.469. The minimum atomic E-state index is -0.469. The highest BCUT2D eigenvalue weighted by molar-refractivity contribution is 5.95. The third-order valence-electron chi connectivity index (χ3n) is 4.45. The first-order chi connectivity index (χ1) is 9.69. The minimum absolute atomic E-state index is 0.0658. The summed E-state index contributed by atoms with van der Waals surface area (Å²) < 4.78 is 18.5. The Balaban J connectivity index is 1.68. The number of ether oxygens (including phenoxy) is 1. The van der Waals surface area contributed by atoms with Crippen LogP contribution in [0.3, 0.4) is 0 Å². The molecule has 0 radical (unpaired) electrons. The highest BCUT2D eigenvalue weighted by atomic mass is 19.1.